The molecule has 0 unspecified atom stereocenters. The van der Waals surface area contributed by atoms with Crippen LogP contribution >= 0.6 is 27.7 Å². The summed E-state index contributed by atoms with van der Waals surface area (Å²) in [5.74, 6) is 0.156. The van der Waals surface area contributed by atoms with Gasteiger partial charge in [-0.15, -0.1) is 0 Å². The highest BCUT2D eigenvalue weighted by molar-refractivity contribution is 9.10. The van der Waals surface area contributed by atoms with Gasteiger partial charge in [0.1, 0.15) is 6.54 Å². The molecule has 4 rings (SSSR count). The van der Waals surface area contributed by atoms with Crippen LogP contribution in [0.5, 0.6) is 11.5 Å². The Morgan fingerprint density at radius 3 is 2.82 bits per heavy atom. The zero-order valence-electron chi connectivity index (χ0n) is 14.3. The molecule has 2 aromatic carbocycles. The summed E-state index contributed by atoms with van der Waals surface area (Å²) < 4.78 is 11.3. The molecule has 0 bridgehead atoms. The second-order valence-corrected chi connectivity index (χ2v) is 7.85. The largest absolute Gasteiger partial charge is 0.454 e. The van der Waals surface area contributed by atoms with Crippen molar-refractivity contribution in [3.8, 4) is 11.5 Å². The summed E-state index contributed by atoms with van der Waals surface area (Å²) >= 11 is 4.18. The molecule has 2 heterocycles. The van der Waals surface area contributed by atoms with Crippen molar-refractivity contribution in [2.24, 2.45) is 0 Å². The van der Waals surface area contributed by atoms with Crippen molar-refractivity contribution in [1.29, 1.82) is 0 Å². The molecule has 0 atom stereocenters. The number of imide groups is 1. The molecule has 1 saturated heterocycles. The predicted octanol–water partition coefficient (Wildman–Crippen LogP) is 3.85. The van der Waals surface area contributed by atoms with Gasteiger partial charge in [-0.05, 0) is 47.7 Å². The Balaban J connectivity index is 1.43. The van der Waals surface area contributed by atoms with Gasteiger partial charge in [0.15, 0.2) is 11.5 Å². The van der Waals surface area contributed by atoms with E-state index in [1.807, 2.05) is 24.3 Å². The van der Waals surface area contributed by atoms with E-state index in [1.165, 1.54) is 0 Å². The van der Waals surface area contributed by atoms with Crippen LogP contribution in [-0.2, 0) is 9.59 Å². The van der Waals surface area contributed by atoms with Gasteiger partial charge in [0.05, 0.1) is 4.91 Å². The lowest BCUT2D eigenvalue weighted by molar-refractivity contribution is -0.127. The minimum absolute atomic E-state index is 0.133. The number of carbonyl (C=O) groups is 3. The van der Waals surface area contributed by atoms with Crippen molar-refractivity contribution >= 4 is 56.5 Å². The number of ether oxygens (including phenoxy) is 2. The highest BCUT2D eigenvalue weighted by Gasteiger charge is 2.36. The fourth-order valence-corrected chi connectivity index (χ4v) is 3.96. The molecule has 2 aliphatic heterocycles. The minimum Gasteiger partial charge on any atom is -0.454 e. The molecule has 9 heteroatoms. The first-order chi connectivity index (χ1) is 13.5. The molecule has 0 aromatic heterocycles. The molecule has 2 aromatic rings. The van der Waals surface area contributed by atoms with E-state index in [-0.39, 0.29) is 18.2 Å². The molecule has 1 N–H and O–H groups in total. The molecule has 0 radical (unpaired) electrons. The van der Waals surface area contributed by atoms with Crippen molar-refractivity contribution in [1.82, 2.24) is 4.90 Å². The third kappa shape index (κ3) is 3.90. The first-order valence-corrected chi connectivity index (χ1v) is 9.81. The molecule has 7 nitrogen and oxygen atoms in total. The molecular formula is C19H13BrN2O5S. The Kier molecular flexibility index (Phi) is 5.10. The van der Waals surface area contributed by atoms with Gasteiger partial charge in [0, 0.05) is 16.2 Å². The molecule has 3 amide bonds. The number of fused-ring (bicyclic) bond motifs is 1. The van der Waals surface area contributed by atoms with Crippen LogP contribution in [0.2, 0.25) is 0 Å². The van der Waals surface area contributed by atoms with E-state index in [9.17, 15) is 14.4 Å². The van der Waals surface area contributed by atoms with Crippen LogP contribution in [0.25, 0.3) is 6.08 Å². The Labute approximate surface area is 172 Å². The lowest BCUT2D eigenvalue weighted by Gasteiger charge is -2.12. The zero-order chi connectivity index (χ0) is 19.7. The van der Waals surface area contributed by atoms with Crippen LogP contribution in [0.15, 0.2) is 51.8 Å². The zero-order valence-corrected chi connectivity index (χ0v) is 16.7. The van der Waals surface area contributed by atoms with E-state index < -0.39 is 17.1 Å². The Morgan fingerprint density at radius 1 is 1.18 bits per heavy atom. The number of nitrogens with zero attached hydrogens (tertiary/aromatic N) is 1. The van der Waals surface area contributed by atoms with Crippen molar-refractivity contribution < 1.29 is 23.9 Å². The average molecular weight is 461 g/mol. The number of hydrogen-bond donors (Lipinski definition) is 1. The Bertz CT molecular complexity index is 1020. The van der Waals surface area contributed by atoms with Gasteiger partial charge in [0.2, 0.25) is 12.7 Å². The summed E-state index contributed by atoms with van der Waals surface area (Å²) in [6.45, 7) is -0.233. The standard InChI is InChI=1S/C19H13BrN2O5S/c20-12-3-1-2-11(6-12)7-16-18(24)22(19(25)28-16)9-17(23)21-13-4-5-14-15(8-13)27-10-26-14/h1-8H,9-10H2,(H,21,23)/b16-7+. The molecule has 0 aliphatic carbocycles. The number of hydrogen-bond acceptors (Lipinski definition) is 6. The smallest absolute Gasteiger partial charge is 0.294 e. The Hall–Kier alpha value is -2.78. The van der Waals surface area contributed by atoms with Crippen molar-refractivity contribution in [3.63, 3.8) is 0 Å². The van der Waals surface area contributed by atoms with Crippen LogP contribution in [0, 0.1) is 0 Å². The van der Waals surface area contributed by atoms with Gasteiger partial charge < -0.3 is 14.8 Å². The average Bonchev–Trinajstić information content (AvgIpc) is 3.21. The predicted molar refractivity (Wildman–Crippen MR) is 108 cm³/mol. The fourth-order valence-electron chi connectivity index (χ4n) is 2.70. The fraction of sp³-hybridized carbons (Fsp3) is 0.105. The lowest BCUT2D eigenvalue weighted by Crippen LogP contribution is -2.36. The number of thioether (sulfide) groups is 1. The molecule has 28 heavy (non-hydrogen) atoms. The van der Waals surface area contributed by atoms with Crippen molar-refractivity contribution in [2.45, 2.75) is 0 Å². The van der Waals surface area contributed by atoms with Crippen LogP contribution in [0.3, 0.4) is 0 Å². The third-order valence-corrected chi connectivity index (χ3v) is 5.38. The second-order valence-electron chi connectivity index (χ2n) is 5.94. The van der Waals surface area contributed by atoms with E-state index in [2.05, 4.69) is 21.2 Å². The summed E-state index contributed by atoms with van der Waals surface area (Å²) in [6, 6.07) is 12.3. The van der Waals surface area contributed by atoms with E-state index >= 15 is 0 Å². The number of nitrogens with one attached hydrogen (secondary N) is 1. The number of rotatable bonds is 4. The van der Waals surface area contributed by atoms with Crippen LogP contribution in [-0.4, -0.2) is 35.3 Å². The summed E-state index contributed by atoms with van der Waals surface area (Å²) in [6.07, 6.45) is 1.63. The van der Waals surface area contributed by atoms with Gasteiger partial charge in [-0.1, -0.05) is 28.1 Å². The molecular weight excluding hydrogens is 448 g/mol. The summed E-state index contributed by atoms with van der Waals surface area (Å²) in [4.78, 5) is 38.2. The molecule has 2 aliphatic rings. The normalized spacial score (nSPS) is 16.8. The second kappa shape index (κ2) is 7.69. The summed E-state index contributed by atoms with van der Waals surface area (Å²) in [5.41, 5.74) is 1.27. The van der Waals surface area contributed by atoms with Crippen molar-refractivity contribution in [2.75, 3.05) is 18.7 Å². The van der Waals surface area contributed by atoms with Gasteiger partial charge in [-0.25, -0.2) is 0 Å². The van der Waals surface area contributed by atoms with Gasteiger partial charge in [0.25, 0.3) is 11.1 Å². The number of carbonyl (C=O) groups excluding carboxylic acids is 3. The van der Waals surface area contributed by atoms with E-state index in [0.717, 1.165) is 26.7 Å². The third-order valence-electron chi connectivity index (χ3n) is 3.98. The molecule has 0 spiro atoms. The van der Waals surface area contributed by atoms with Crippen LogP contribution < -0.4 is 14.8 Å². The summed E-state index contributed by atoms with van der Waals surface area (Å²) in [7, 11) is 0. The van der Waals surface area contributed by atoms with Crippen LogP contribution in [0.4, 0.5) is 10.5 Å². The molecule has 0 saturated carbocycles. The quantitative estimate of drug-likeness (QED) is 0.697. The summed E-state index contributed by atoms with van der Waals surface area (Å²) in [5, 5.41) is 2.18. The van der Waals surface area contributed by atoms with Crippen LogP contribution in [0.1, 0.15) is 5.56 Å². The highest BCUT2D eigenvalue weighted by Crippen LogP contribution is 2.35. The van der Waals surface area contributed by atoms with E-state index in [4.69, 9.17) is 9.47 Å². The van der Waals surface area contributed by atoms with Gasteiger partial charge >= 0.3 is 0 Å². The van der Waals surface area contributed by atoms with E-state index in [0.29, 0.717) is 17.2 Å². The maximum Gasteiger partial charge on any atom is 0.294 e. The SMILES string of the molecule is O=C(CN1C(=O)S/C(=C/c2cccc(Br)c2)C1=O)Nc1ccc2c(c1)OCO2. The number of amides is 3. The highest BCUT2D eigenvalue weighted by atomic mass is 79.9. The number of benzene rings is 2. The maximum atomic E-state index is 12.5. The number of halogens is 1. The monoisotopic (exact) mass is 460 g/mol. The first-order valence-electron chi connectivity index (χ1n) is 8.20. The lowest BCUT2D eigenvalue weighted by atomic mass is 10.2. The number of anilines is 1. The van der Waals surface area contributed by atoms with Gasteiger partial charge in [-0.2, -0.15) is 0 Å². The maximum absolute atomic E-state index is 12.5. The molecule has 1 fully saturated rings. The topological polar surface area (TPSA) is 84.9 Å². The molecule has 142 valence electrons. The first kappa shape index (κ1) is 18.6. The Morgan fingerprint density at radius 2 is 2.00 bits per heavy atom. The van der Waals surface area contributed by atoms with E-state index in [1.54, 1.807) is 24.3 Å². The van der Waals surface area contributed by atoms with Crippen molar-refractivity contribution in [3.05, 3.63) is 57.4 Å². The minimum atomic E-state index is -0.490. The van der Waals surface area contributed by atoms with Gasteiger partial charge in [-0.3, -0.25) is 19.3 Å².